The third-order valence-electron chi connectivity index (χ3n) is 23.3. The number of nitrogens with zero attached hydrogens (tertiary/aromatic N) is 5. The molecule has 10 atom stereocenters. The predicted molar refractivity (Wildman–Crippen MR) is 505 cm³/mol. The highest BCUT2D eigenvalue weighted by molar-refractivity contribution is 8.00. The smallest absolute Gasteiger partial charge is 0.305 e. The molecule has 0 aliphatic carbocycles. The number of nitrogens with two attached hydrogens (primary N) is 2. The molecule has 0 saturated carbocycles. The number of hydrogen-bond donors (Lipinski definition) is 15. The number of halogens is 1. The zero-order chi connectivity index (χ0) is 99.0. The highest BCUT2D eigenvalue weighted by atomic mass is 32.2. The van der Waals surface area contributed by atoms with Crippen LogP contribution in [0.3, 0.4) is 0 Å². The van der Waals surface area contributed by atoms with Crippen LogP contribution in [0.1, 0.15) is 103 Å². The molecule has 1 aliphatic rings. The molecular weight excluding hydrogens is 1770 g/mol. The van der Waals surface area contributed by atoms with Gasteiger partial charge in [-0.25, -0.2) is 4.39 Å². The van der Waals surface area contributed by atoms with E-state index in [1.165, 1.54) is 76.7 Å². The summed E-state index contributed by atoms with van der Waals surface area (Å²) in [5.41, 5.74) is 16.3. The Bertz CT molecular complexity index is 5540. The van der Waals surface area contributed by atoms with E-state index in [2.05, 4.69) is 52.8 Å². The van der Waals surface area contributed by atoms with E-state index in [1.54, 1.807) is 142 Å². The van der Waals surface area contributed by atoms with E-state index in [1.807, 2.05) is 6.92 Å². The molecular formula is C98H120FN17O19S. The van der Waals surface area contributed by atoms with Gasteiger partial charge in [-0.15, -0.1) is 11.8 Å². The first kappa shape index (κ1) is 105. The van der Waals surface area contributed by atoms with Crippen molar-refractivity contribution in [3.8, 4) is 11.5 Å². The number of thioether (sulfide) groups is 1. The number of phenols is 2. The van der Waals surface area contributed by atoms with Gasteiger partial charge >= 0.3 is 5.97 Å². The van der Waals surface area contributed by atoms with Crippen LogP contribution in [0.2, 0.25) is 0 Å². The summed E-state index contributed by atoms with van der Waals surface area (Å²) in [7, 11) is 5.14. The van der Waals surface area contributed by atoms with E-state index in [-0.39, 0.29) is 69.4 Å². The molecule has 17 N–H and O–H groups in total. The molecule has 7 aromatic carbocycles. The minimum atomic E-state index is -1.97. The molecule has 1 aliphatic heterocycles. The number of benzene rings is 7. The third kappa shape index (κ3) is 31.6. The molecule has 0 radical (unpaired) electrons. The lowest BCUT2D eigenvalue weighted by molar-refractivity contribution is -0.151. The molecule has 15 amide bonds. The van der Waals surface area contributed by atoms with Gasteiger partial charge in [0.2, 0.25) is 88.6 Å². The van der Waals surface area contributed by atoms with Crippen molar-refractivity contribution in [1.29, 1.82) is 0 Å². The Kier molecular flexibility index (Phi) is 39.5. The van der Waals surface area contributed by atoms with E-state index in [0.717, 1.165) is 48.4 Å². The molecule has 0 bridgehead atoms. The maximum atomic E-state index is 15.6. The fraction of sp³-hybridized carbons (Fsp3) is 0.388. The maximum Gasteiger partial charge on any atom is 0.305 e. The number of carbonyl (C=O) groups excluding carboxylic acids is 15. The number of phenolic OH excluding ortho intramolecular Hbond substituents is 2. The monoisotopic (exact) mass is 1890 g/mol. The maximum absolute atomic E-state index is 15.6. The standard InChI is InChI=1S/C98H120FN17O19S/c1-9-10-25-80-97(134)112(5)54-84(120)106-76(48-88(124)125)93(130)110-78(43-62-27-29-65(49-100)30-28-62)96(133)114(7)81(44-60-19-13-11-14-20-60)94(131)104-52-87(123)116(53-67-46-70(118)37-26-59(67)4)55-85(121)105-75(47-66-50-102-72-24-18-17-23-71(66)72)92(129)109-74(41-64-33-38-69(117)39-34-64)91(128)108-73(40-58(2)3)90(127)111-79(89(126)103-51-83(101)119)56-136-57-86(122)107-77(42-63-31-35-68(99)36-32-63)95(132)115(8)82(98(135)113(80)6)45-61-21-15-12-16-22-61/h11-24,26-39,46,50,58,73-82,102,117-118H,9-10,25,40-45,47-49,51-57,100H2,1-8H3,(H2,101,119)(H,103,126)(H,104,131)(H,105,121)(H,106,120)(H,107,122)(H,108,128)(H,109,129)(H,110,130)(H,111,127)(H,124,125)/t73-,74-,75-,76-,77-,78-,79-,80-,81-,82-/m0/s1. The Morgan fingerprint density at radius 3 is 1.61 bits per heavy atom. The number of carboxylic acid groups (broad SMARTS) is 1. The molecule has 1 saturated heterocycles. The second kappa shape index (κ2) is 51.1. The van der Waals surface area contributed by atoms with Gasteiger partial charge in [0.1, 0.15) is 77.7 Å². The molecule has 0 spiro atoms. The number of likely N-dealkylation sites (N-methyl/N-ethyl adjacent to an activating group) is 4. The number of H-pyrrole nitrogens is 1. The average Bonchev–Trinajstić information content (AvgIpc) is 1.56. The van der Waals surface area contributed by atoms with E-state index < -0.39 is 217 Å². The van der Waals surface area contributed by atoms with E-state index in [4.69, 9.17) is 11.5 Å². The lowest BCUT2D eigenvalue weighted by Gasteiger charge is -2.37. The fourth-order valence-electron chi connectivity index (χ4n) is 15.7. The summed E-state index contributed by atoms with van der Waals surface area (Å²) in [6.07, 6.45) is -0.478. The number of primary amides is 1. The lowest BCUT2D eigenvalue weighted by atomic mass is 9.99. The number of para-hydroxylation sites is 1. The van der Waals surface area contributed by atoms with Gasteiger partial charge < -0.3 is 104 Å². The van der Waals surface area contributed by atoms with Crippen molar-refractivity contribution in [2.24, 2.45) is 17.4 Å². The minimum absolute atomic E-state index is 0.0133. The number of amides is 15. The van der Waals surface area contributed by atoms with Gasteiger partial charge in [-0.1, -0.05) is 167 Å². The highest BCUT2D eigenvalue weighted by Crippen LogP contribution is 2.26. The van der Waals surface area contributed by atoms with Gasteiger partial charge in [-0.2, -0.15) is 0 Å². The molecule has 0 unspecified atom stereocenters. The highest BCUT2D eigenvalue weighted by Gasteiger charge is 2.42. The topological polar surface area (TPSA) is 526 Å². The van der Waals surface area contributed by atoms with Crippen molar-refractivity contribution in [1.82, 2.24) is 77.3 Å². The first-order chi connectivity index (χ1) is 64.8. The predicted octanol–water partition coefficient (Wildman–Crippen LogP) is 2.78. The number of rotatable bonds is 25. The number of fused-ring (bicyclic) bond motifs is 1. The largest absolute Gasteiger partial charge is 0.508 e. The van der Waals surface area contributed by atoms with E-state index in [0.29, 0.717) is 73.8 Å². The van der Waals surface area contributed by atoms with Crippen LogP contribution in [0.5, 0.6) is 11.5 Å². The number of aryl methyl sites for hydroxylation is 1. The van der Waals surface area contributed by atoms with Crippen molar-refractivity contribution in [2.45, 2.75) is 172 Å². The van der Waals surface area contributed by atoms with Crippen molar-refractivity contribution < 1.29 is 96.4 Å². The number of hydrogen-bond acceptors (Lipinski definition) is 20. The fourth-order valence-corrected chi connectivity index (χ4v) is 16.5. The summed E-state index contributed by atoms with van der Waals surface area (Å²) in [4.78, 5) is 245. The van der Waals surface area contributed by atoms with Gasteiger partial charge in [0, 0.05) is 103 Å². The summed E-state index contributed by atoms with van der Waals surface area (Å²) in [5, 5.41) is 56.0. The van der Waals surface area contributed by atoms with Gasteiger partial charge in [0.15, 0.2) is 0 Å². The molecule has 36 nitrogen and oxygen atoms in total. The van der Waals surface area contributed by atoms with Crippen LogP contribution in [0.4, 0.5) is 4.39 Å². The Balaban J connectivity index is 1.14. The number of carboxylic acids is 1. The van der Waals surface area contributed by atoms with Crippen LogP contribution in [-0.4, -0.2) is 266 Å². The van der Waals surface area contributed by atoms with Gasteiger partial charge in [0.25, 0.3) is 0 Å². The van der Waals surface area contributed by atoms with Crippen LogP contribution < -0.4 is 59.3 Å². The number of unbranched alkanes of at least 4 members (excludes halogenated alkanes) is 1. The molecule has 724 valence electrons. The van der Waals surface area contributed by atoms with Gasteiger partial charge in [-0.05, 0) is 118 Å². The third-order valence-corrected chi connectivity index (χ3v) is 24.3. The molecule has 8 aromatic rings. The molecule has 1 aromatic heterocycles. The van der Waals surface area contributed by atoms with Crippen LogP contribution >= 0.6 is 11.8 Å². The zero-order valence-corrected chi connectivity index (χ0v) is 78.0. The Morgan fingerprint density at radius 1 is 0.515 bits per heavy atom. The molecule has 9 rings (SSSR count). The number of aromatic nitrogens is 1. The Labute approximate surface area is 791 Å². The second-order valence-corrected chi connectivity index (χ2v) is 35.2. The lowest BCUT2D eigenvalue weighted by Crippen LogP contribution is -2.60. The summed E-state index contributed by atoms with van der Waals surface area (Å²) >= 11 is 0.777. The number of aromatic hydroxyl groups is 2. The summed E-state index contributed by atoms with van der Waals surface area (Å²) in [6, 6.07) is 29.5. The zero-order valence-electron chi connectivity index (χ0n) is 77.2. The van der Waals surface area contributed by atoms with Crippen LogP contribution in [0.15, 0.2) is 182 Å². The van der Waals surface area contributed by atoms with Gasteiger partial charge in [-0.3, -0.25) is 76.7 Å². The van der Waals surface area contributed by atoms with Crippen molar-refractivity contribution in [3.63, 3.8) is 0 Å². The average molecular weight is 1890 g/mol. The van der Waals surface area contributed by atoms with Crippen molar-refractivity contribution in [2.75, 3.05) is 65.9 Å². The van der Waals surface area contributed by atoms with E-state index >= 15 is 47.9 Å². The summed E-state index contributed by atoms with van der Waals surface area (Å²) < 4.78 is 14.6. The Hall–Kier alpha value is -14.6. The molecule has 1 fully saturated rings. The number of aliphatic carboxylic acids is 1. The van der Waals surface area contributed by atoms with Crippen LogP contribution in [-0.2, 0) is 128 Å². The summed E-state index contributed by atoms with van der Waals surface area (Å²) in [5.74, 6) is -18.2. The van der Waals surface area contributed by atoms with Gasteiger partial charge in [0.05, 0.1) is 38.4 Å². The first-order valence-electron chi connectivity index (χ1n) is 44.6. The molecule has 136 heavy (non-hydrogen) atoms. The SMILES string of the molecule is CCCC[C@H]1C(=O)N(C)CC(=O)N[C@@H](CC(=O)O)C(=O)N[C@@H](Cc2ccc(CN)cc2)C(=O)N(C)[C@@H](Cc2ccccc2)C(=O)NCC(=O)N(Cc2cc(O)ccc2C)CC(=O)N[C@@H](Cc2c[nH]c3ccccc23)C(=O)N[C@@H](Cc2ccc(O)cc2)C(=O)N[C@@H](CC(C)C)C(=O)N[C@H](C(=O)NCC(N)=O)CSCC(=O)N[C@@H](Cc2ccc(F)cc2)C(=O)N(C)[C@@H](Cc2ccccc2)C(=O)N1C. The number of aromatic amines is 1. The van der Waals surface area contributed by atoms with Crippen LogP contribution in [0.25, 0.3) is 10.9 Å². The van der Waals surface area contributed by atoms with Crippen molar-refractivity contribution >= 4 is 117 Å². The number of nitrogens with one attached hydrogen (secondary N) is 10. The minimum Gasteiger partial charge on any atom is -0.508 e. The van der Waals surface area contributed by atoms with E-state index in [9.17, 15) is 48.5 Å². The van der Waals surface area contributed by atoms with Crippen LogP contribution in [0, 0.1) is 18.7 Å². The quantitative estimate of drug-likeness (QED) is 0.0391. The summed E-state index contributed by atoms with van der Waals surface area (Å²) in [6.45, 7) is 3.36. The van der Waals surface area contributed by atoms with Crippen molar-refractivity contribution in [3.05, 3.63) is 238 Å². The Morgan fingerprint density at radius 2 is 1.01 bits per heavy atom. The molecule has 2 heterocycles. The normalized spacial score (nSPS) is 20.8. The first-order valence-corrected chi connectivity index (χ1v) is 45.8. The number of carbonyl (C=O) groups is 16. The second-order valence-electron chi connectivity index (χ2n) is 34.2. The molecule has 38 heteroatoms.